The van der Waals surface area contributed by atoms with Crippen LogP contribution in [0.3, 0.4) is 0 Å². The third-order valence-electron chi connectivity index (χ3n) is 5.10. The number of rotatable bonds is 2. The maximum absolute atomic E-state index is 11.9. The second-order valence-corrected chi connectivity index (χ2v) is 6.15. The molecule has 0 spiro atoms. The van der Waals surface area contributed by atoms with Crippen molar-refractivity contribution in [3.05, 3.63) is 35.4 Å². The van der Waals surface area contributed by atoms with Crippen molar-refractivity contribution < 1.29 is 4.79 Å². The third-order valence-corrected chi connectivity index (χ3v) is 5.10. The fraction of sp³-hybridized carbons (Fsp3) is 0.562. The molecule has 4 atom stereocenters. The van der Waals surface area contributed by atoms with Gasteiger partial charge in [-0.2, -0.15) is 0 Å². The van der Waals surface area contributed by atoms with Gasteiger partial charge in [0.2, 0.25) is 5.91 Å². The summed E-state index contributed by atoms with van der Waals surface area (Å²) in [6.07, 6.45) is 3.37. The molecular weight excluding hydrogens is 236 g/mol. The zero-order valence-electron chi connectivity index (χ0n) is 11.7. The van der Waals surface area contributed by atoms with Gasteiger partial charge in [0.1, 0.15) is 0 Å². The lowest BCUT2D eigenvalue weighted by Gasteiger charge is -2.41. The highest BCUT2D eigenvalue weighted by molar-refractivity contribution is 5.79. The first-order chi connectivity index (χ1) is 9.08. The average molecular weight is 258 g/mol. The molecule has 19 heavy (non-hydrogen) atoms. The molecule has 2 aliphatic rings. The van der Waals surface area contributed by atoms with Gasteiger partial charge < -0.3 is 5.73 Å². The van der Waals surface area contributed by atoms with Crippen LogP contribution in [0.1, 0.15) is 36.3 Å². The summed E-state index contributed by atoms with van der Waals surface area (Å²) < 4.78 is 0. The lowest BCUT2D eigenvalue weighted by Crippen LogP contribution is -2.50. The van der Waals surface area contributed by atoms with E-state index in [4.69, 9.17) is 5.73 Å². The topological polar surface area (TPSA) is 46.3 Å². The molecule has 0 radical (unpaired) electrons. The Morgan fingerprint density at radius 3 is 2.58 bits per heavy atom. The van der Waals surface area contributed by atoms with Gasteiger partial charge in [-0.1, -0.05) is 29.8 Å². The maximum Gasteiger partial charge on any atom is 0.222 e. The molecule has 2 heterocycles. The summed E-state index contributed by atoms with van der Waals surface area (Å²) in [4.78, 5) is 14.3. The van der Waals surface area contributed by atoms with Gasteiger partial charge in [0.05, 0.1) is 5.92 Å². The summed E-state index contributed by atoms with van der Waals surface area (Å²) in [5.41, 5.74) is 8.24. The molecule has 3 rings (SSSR count). The van der Waals surface area contributed by atoms with Crippen LogP contribution in [0.25, 0.3) is 0 Å². The highest BCUT2D eigenvalue weighted by Gasteiger charge is 2.48. The van der Waals surface area contributed by atoms with Gasteiger partial charge in [0, 0.05) is 12.1 Å². The molecular formula is C16H22N2O. The first-order valence-corrected chi connectivity index (χ1v) is 7.15. The Bertz CT molecular complexity index is 482. The molecule has 2 N–H and O–H groups in total. The molecule has 0 aliphatic carbocycles. The van der Waals surface area contributed by atoms with Crippen LogP contribution in [0.5, 0.6) is 0 Å². The molecule has 3 nitrogen and oxygen atoms in total. The van der Waals surface area contributed by atoms with Crippen LogP contribution in [-0.4, -0.2) is 29.9 Å². The average Bonchev–Trinajstić information content (AvgIpc) is 2.63. The number of fused-ring (bicyclic) bond motifs is 2. The Labute approximate surface area is 114 Å². The van der Waals surface area contributed by atoms with Gasteiger partial charge in [-0.05, 0) is 44.7 Å². The van der Waals surface area contributed by atoms with E-state index < -0.39 is 0 Å². The van der Waals surface area contributed by atoms with Gasteiger partial charge in [0.15, 0.2) is 0 Å². The summed E-state index contributed by atoms with van der Waals surface area (Å²) in [5, 5.41) is 0. The van der Waals surface area contributed by atoms with Gasteiger partial charge >= 0.3 is 0 Å². The quantitative estimate of drug-likeness (QED) is 0.882. The first kappa shape index (κ1) is 12.7. The Kier molecular flexibility index (Phi) is 3.09. The molecule has 2 fully saturated rings. The molecule has 0 saturated carbocycles. The van der Waals surface area contributed by atoms with Crippen LogP contribution in [0.15, 0.2) is 24.3 Å². The minimum absolute atomic E-state index is 0.0357. The molecule has 2 aliphatic heterocycles. The van der Waals surface area contributed by atoms with Crippen molar-refractivity contribution in [1.29, 1.82) is 0 Å². The van der Waals surface area contributed by atoms with Crippen molar-refractivity contribution in [2.24, 2.45) is 11.7 Å². The summed E-state index contributed by atoms with van der Waals surface area (Å²) in [5.74, 6) is 0.126. The minimum atomic E-state index is -0.136. The standard InChI is InChI=1S/C16H22N2O/c1-10-3-5-11(6-4-10)13-9-12-7-8-14(18(12)2)15(13)16(17)19/h3-6,12-15H,7-9H2,1-2H3,(H2,17,19)/t12-,13?,14+,15?/m0/s1. The van der Waals surface area contributed by atoms with Gasteiger partial charge in [0.25, 0.3) is 0 Å². The number of hydrogen-bond donors (Lipinski definition) is 1. The number of nitrogens with zero attached hydrogens (tertiary/aromatic N) is 1. The minimum Gasteiger partial charge on any atom is -0.369 e. The van der Waals surface area contributed by atoms with E-state index in [1.165, 1.54) is 17.5 Å². The summed E-state index contributed by atoms with van der Waals surface area (Å²) in [6, 6.07) is 9.55. The molecule has 1 aromatic rings. The largest absolute Gasteiger partial charge is 0.369 e. The lowest BCUT2D eigenvalue weighted by molar-refractivity contribution is -0.126. The third kappa shape index (κ3) is 2.06. The number of hydrogen-bond acceptors (Lipinski definition) is 2. The number of aryl methyl sites for hydroxylation is 1. The first-order valence-electron chi connectivity index (χ1n) is 7.15. The number of carbonyl (C=O) groups is 1. The normalized spacial score (nSPS) is 34.4. The fourth-order valence-electron chi connectivity index (χ4n) is 4.01. The van der Waals surface area contributed by atoms with E-state index in [0.29, 0.717) is 18.0 Å². The number of piperidine rings is 1. The second kappa shape index (κ2) is 4.64. The summed E-state index contributed by atoms with van der Waals surface area (Å²) >= 11 is 0. The van der Waals surface area contributed by atoms with Crippen molar-refractivity contribution in [3.8, 4) is 0 Å². The van der Waals surface area contributed by atoms with Crippen LogP contribution in [0, 0.1) is 12.8 Å². The monoisotopic (exact) mass is 258 g/mol. The SMILES string of the molecule is Cc1ccc(C2C[C@@H]3CC[C@H](C2C(N)=O)N3C)cc1. The molecule has 2 saturated heterocycles. The molecule has 1 amide bonds. The number of amides is 1. The zero-order chi connectivity index (χ0) is 13.6. The second-order valence-electron chi connectivity index (χ2n) is 6.15. The van der Waals surface area contributed by atoms with Crippen molar-refractivity contribution in [2.45, 2.75) is 44.2 Å². The lowest BCUT2D eigenvalue weighted by atomic mass is 9.75. The molecule has 3 heteroatoms. The van der Waals surface area contributed by atoms with Gasteiger partial charge in [-0.25, -0.2) is 0 Å². The summed E-state index contributed by atoms with van der Waals surface area (Å²) in [6.45, 7) is 2.09. The molecule has 102 valence electrons. The highest BCUT2D eigenvalue weighted by Crippen LogP contribution is 2.45. The predicted molar refractivity (Wildman–Crippen MR) is 75.8 cm³/mol. The number of benzene rings is 1. The fourth-order valence-corrected chi connectivity index (χ4v) is 4.01. The van der Waals surface area contributed by atoms with E-state index in [0.717, 1.165) is 12.8 Å². The predicted octanol–water partition coefficient (Wildman–Crippen LogP) is 2.05. The van der Waals surface area contributed by atoms with E-state index in [9.17, 15) is 4.79 Å². The van der Waals surface area contributed by atoms with Crippen molar-refractivity contribution in [3.63, 3.8) is 0 Å². The summed E-state index contributed by atoms with van der Waals surface area (Å²) in [7, 11) is 2.14. The Balaban J connectivity index is 1.95. The van der Waals surface area contributed by atoms with Crippen LogP contribution < -0.4 is 5.73 Å². The van der Waals surface area contributed by atoms with Crippen molar-refractivity contribution in [1.82, 2.24) is 4.90 Å². The Morgan fingerprint density at radius 2 is 1.95 bits per heavy atom. The zero-order valence-corrected chi connectivity index (χ0v) is 11.7. The molecule has 2 unspecified atom stereocenters. The maximum atomic E-state index is 11.9. The molecule has 1 aromatic carbocycles. The van der Waals surface area contributed by atoms with Crippen molar-refractivity contribution in [2.75, 3.05) is 7.05 Å². The van der Waals surface area contributed by atoms with Gasteiger partial charge in [-0.15, -0.1) is 0 Å². The van der Waals surface area contributed by atoms with E-state index in [1.54, 1.807) is 0 Å². The smallest absolute Gasteiger partial charge is 0.222 e. The molecule has 0 aromatic heterocycles. The van der Waals surface area contributed by atoms with Crippen LogP contribution in [0.2, 0.25) is 0 Å². The molecule has 2 bridgehead atoms. The Morgan fingerprint density at radius 1 is 1.26 bits per heavy atom. The highest BCUT2D eigenvalue weighted by atomic mass is 16.1. The van der Waals surface area contributed by atoms with E-state index in [-0.39, 0.29) is 11.8 Å². The van der Waals surface area contributed by atoms with E-state index >= 15 is 0 Å². The number of primary amides is 1. The van der Waals surface area contributed by atoms with Crippen molar-refractivity contribution >= 4 is 5.91 Å². The number of carbonyl (C=O) groups excluding carboxylic acids is 1. The number of nitrogens with two attached hydrogens (primary N) is 1. The van der Waals surface area contributed by atoms with Crippen LogP contribution >= 0.6 is 0 Å². The van der Waals surface area contributed by atoms with Crippen LogP contribution in [-0.2, 0) is 4.79 Å². The van der Waals surface area contributed by atoms with Gasteiger partial charge in [-0.3, -0.25) is 9.69 Å². The van der Waals surface area contributed by atoms with E-state index in [2.05, 4.69) is 43.1 Å². The van der Waals surface area contributed by atoms with E-state index in [1.807, 2.05) is 0 Å². The van der Waals surface area contributed by atoms with Crippen LogP contribution in [0.4, 0.5) is 0 Å². The Hall–Kier alpha value is -1.35.